The van der Waals surface area contributed by atoms with E-state index in [1.165, 1.54) is 10.5 Å². The maximum atomic E-state index is 6.22. The maximum Gasteiger partial charge on any atom is 0.231 e. The Hall–Kier alpha value is -1.82. The van der Waals surface area contributed by atoms with Crippen molar-refractivity contribution in [3.05, 3.63) is 77.3 Å². The molecule has 0 saturated carbocycles. The molecule has 0 spiro atoms. The summed E-state index contributed by atoms with van der Waals surface area (Å²) in [7, 11) is 0. The van der Waals surface area contributed by atoms with Crippen LogP contribution in [0.5, 0.6) is 0 Å². The van der Waals surface area contributed by atoms with Crippen LogP contribution in [0.4, 0.5) is 0 Å². The minimum atomic E-state index is 0.814. The predicted molar refractivity (Wildman–Crippen MR) is 120 cm³/mol. The third-order valence-corrected chi connectivity index (χ3v) is 6.90. The molecular formula is C23H27ClN2O2S. The fourth-order valence-corrected chi connectivity index (χ4v) is 4.79. The van der Waals surface area contributed by atoms with Crippen LogP contribution in [0.15, 0.2) is 77.1 Å². The summed E-state index contributed by atoms with van der Waals surface area (Å²) in [5, 5.41) is 0.850. The number of allylic oxidation sites excluding steroid dienone is 4. The molecule has 4 nitrogen and oxygen atoms in total. The fraction of sp³-hybridized carbons (Fsp3) is 0.391. The lowest BCUT2D eigenvalue weighted by Gasteiger charge is -2.36. The largest absolute Gasteiger partial charge is 0.456 e. The zero-order valence-corrected chi connectivity index (χ0v) is 18.1. The first kappa shape index (κ1) is 20.5. The topological polar surface area (TPSA) is 24.9 Å². The van der Waals surface area contributed by atoms with Crippen LogP contribution in [0, 0.1) is 0 Å². The first-order valence-electron chi connectivity index (χ1n) is 10.2. The molecule has 0 unspecified atom stereocenters. The Balaban J connectivity index is 1.16. The van der Waals surface area contributed by atoms with E-state index in [9.17, 15) is 0 Å². The molecule has 3 aliphatic rings. The number of hydrogen-bond donors (Lipinski definition) is 0. The number of rotatable bonds is 7. The van der Waals surface area contributed by atoms with Crippen LogP contribution in [0.1, 0.15) is 19.3 Å². The van der Waals surface area contributed by atoms with Gasteiger partial charge in [-0.3, -0.25) is 4.90 Å². The molecule has 0 amide bonds. The second-order valence-electron chi connectivity index (χ2n) is 7.29. The highest BCUT2D eigenvalue weighted by Gasteiger charge is 2.22. The highest BCUT2D eigenvalue weighted by molar-refractivity contribution is 7.99. The van der Waals surface area contributed by atoms with Gasteiger partial charge in [-0.15, -0.1) is 11.8 Å². The lowest BCUT2D eigenvalue weighted by molar-refractivity contribution is 0.0848. The number of ether oxygens (including phenoxy) is 2. The Labute approximate surface area is 182 Å². The van der Waals surface area contributed by atoms with Crippen molar-refractivity contribution in [2.45, 2.75) is 24.2 Å². The van der Waals surface area contributed by atoms with E-state index in [2.05, 4.69) is 34.1 Å². The zero-order chi connectivity index (χ0) is 19.9. The maximum absolute atomic E-state index is 6.22. The van der Waals surface area contributed by atoms with E-state index in [0.29, 0.717) is 0 Å². The molecule has 6 heteroatoms. The predicted octanol–water partition coefficient (Wildman–Crippen LogP) is 5.40. The second kappa shape index (κ2) is 10.3. The number of benzene rings is 1. The van der Waals surface area contributed by atoms with Gasteiger partial charge in [0.1, 0.15) is 6.26 Å². The number of nitrogens with zero attached hydrogens (tertiary/aromatic N) is 2. The van der Waals surface area contributed by atoms with Crippen molar-refractivity contribution >= 4 is 23.4 Å². The molecule has 0 bridgehead atoms. The number of halogens is 1. The molecule has 0 radical (unpaired) electrons. The molecule has 154 valence electrons. The van der Waals surface area contributed by atoms with Crippen LogP contribution in [0.25, 0.3) is 0 Å². The normalized spacial score (nSPS) is 19.8. The van der Waals surface area contributed by atoms with Gasteiger partial charge in [0, 0.05) is 31.1 Å². The average molecular weight is 431 g/mol. The molecular weight excluding hydrogens is 404 g/mol. The molecule has 2 heterocycles. The highest BCUT2D eigenvalue weighted by atomic mass is 35.5. The van der Waals surface area contributed by atoms with Crippen LogP contribution in [-0.2, 0) is 9.47 Å². The van der Waals surface area contributed by atoms with Crippen LogP contribution in [0.2, 0.25) is 5.02 Å². The number of thioether (sulfide) groups is 1. The van der Waals surface area contributed by atoms with Crippen molar-refractivity contribution in [1.29, 1.82) is 0 Å². The van der Waals surface area contributed by atoms with Gasteiger partial charge in [-0.25, -0.2) is 0 Å². The summed E-state index contributed by atoms with van der Waals surface area (Å²) in [6, 6.07) is 8.06. The summed E-state index contributed by atoms with van der Waals surface area (Å²) in [6.45, 7) is 5.13. The van der Waals surface area contributed by atoms with Crippen molar-refractivity contribution in [2.75, 3.05) is 38.5 Å². The molecule has 1 aliphatic carbocycles. The van der Waals surface area contributed by atoms with E-state index in [1.807, 2.05) is 30.0 Å². The van der Waals surface area contributed by atoms with E-state index < -0.39 is 0 Å². The van der Waals surface area contributed by atoms with Gasteiger partial charge in [-0.05, 0) is 49.3 Å². The molecule has 1 fully saturated rings. The first-order valence-corrected chi connectivity index (χ1v) is 11.6. The first-order chi connectivity index (χ1) is 14.3. The van der Waals surface area contributed by atoms with E-state index in [1.54, 1.807) is 12.5 Å². The van der Waals surface area contributed by atoms with Crippen molar-refractivity contribution < 1.29 is 9.47 Å². The molecule has 1 aromatic carbocycles. The Morgan fingerprint density at radius 2 is 1.90 bits per heavy atom. The summed E-state index contributed by atoms with van der Waals surface area (Å²) in [6.07, 6.45) is 13.1. The van der Waals surface area contributed by atoms with Gasteiger partial charge in [-0.1, -0.05) is 42.0 Å². The van der Waals surface area contributed by atoms with Crippen molar-refractivity contribution in [3.63, 3.8) is 0 Å². The van der Waals surface area contributed by atoms with Gasteiger partial charge in [-0.2, -0.15) is 0 Å². The smallest absolute Gasteiger partial charge is 0.231 e. The minimum absolute atomic E-state index is 0.814. The molecule has 0 N–H and O–H groups in total. The summed E-state index contributed by atoms with van der Waals surface area (Å²) in [5.41, 5.74) is 1.20. The lowest BCUT2D eigenvalue weighted by atomic mass is 10.0. The number of hydrogen-bond acceptors (Lipinski definition) is 5. The van der Waals surface area contributed by atoms with Gasteiger partial charge in [0.25, 0.3) is 0 Å². The summed E-state index contributed by atoms with van der Waals surface area (Å²) in [5.74, 6) is 2.73. The highest BCUT2D eigenvalue weighted by Crippen LogP contribution is 2.28. The Kier molecular flexibility index (Phi) is 7.25. The SMILES string of the molecule is Clc1ccccc1SCCCN1CCN(C2=COC(C3=CC=CCC3)=CO2)CC1. The zero-order valence-electron chi connectivity index (χ0n) is 16.6. The van der Waals surface area contributed by atoms with E-state index in [4.69, 9.17) is 21.1 Å². The summed E-state index contributed by atoms with van der Waals surface area (Å²) >= 11 is 8.06. The van der Waals surface area contributed by atoms with E-state index in [-0.39, 0.29) is 0 Å². The second-order valence-corrected chi connectivity index (χ2v) is 8.84. The van der Waals surface area contributed by atoms with Gasteiger partial charge in [0.05, 0.1) is 5.02 Å². The lowest BCUT2D eigenvalue weighted by Crippen LogP contribution is -2.46. The van der Waals surface area contributed by atoms with Crippen molar-refractivity contribution in [3.8, 4) is 0 Å². The van der Waals surface area contributed by atoms with E-state index in [0.717, 1.165) is 74.4 Å². The Bertz CT molecular complexity index is 826. The molecule has 4 rings (SSSR count). The van der Waals surface area contributed by atoms with Gasteiger partial charge in [0.2, 0.25) is 5.88 Å². The molecule has 1 aromatic rings. The molecule has 0 aromatic heterocycles. The van der Waals surface area contributed by atoms with Gasteiger partial charge < -0.3 is 14.4 Å². The van der Waals surface area contributed by atoms with Crippen LogP contribution >= 0.6 is 23.4 Å². The van der Waals surface area contributed by atoms with Crippen molar-refractivity contribution in [2.24, 2.45) is 0 Å². The van der Waals surface area contributed by atoms with Crippen LogP contribution in [0.3, 0.4) is 0 Å². The molecule has 29 heavy (non-hydrogen) atoms. The molecule has 1 saturated heterocycles. The monoisotopic (exact) mass is 430 g/mol. The Morgan fingerprint density at radius 1 is 1.03 bits per heavy atom. The van der Waals surface area contributed by atoms with Crippen LogP contribution in [-0.4, -0.2) is 48.3 Å². The fourth-order valence-electron chi connectivity index (χ4n) is 3.62. The summed E-state index contributed by atoms with van der Waals surface area (Å²) in [4.78, 5) is 5.96. The minimum Gasteiger partial charge on any atom is -0.456 e. The third-order valence-electron chi connectivity index (χ3n) is 5.30. The van der Waals surface area contributed by atoms with Gasteiger partial charge >= 0.3 is 0 Å². The Morgan fingerprint density at radius 3 is 2.62 bits per heavy atom. The van der Waals surface area contributed by atoms with Gasteiger partial charge in [0.15, 0.2) is 12.0 Å². The van der Waals surface area contributed by atoms with Crippen molar-refractivity contribution in [1.82, 2.24) is 9.80 Å². The van der Waals surface area contributed by atoms with E-state index >= 15 is 0 Å². The standard InChI is InChI=1S/C23H27ClN2O2S/c24-20-9-4-5-10-22(20)29-16-6-11-25-12-14-26(15-13-25)23-18-27-21(17-28-23)19-7-2-1-3-8-19/h1-2,4-5,7,9-10,17-18H,3,6,8,11-16H2. The quantitative estimate of drug-likeness (QED) is 0.426. The molecule has 0 atom stereocenters. The summed E-state index contributed by atoms with van der Waals surface area (Å²) < 4.78 is 11.7. The van der Waals surface area contributed by atoms with Crippen LogP contribution < -0.4 is 0 Å². The third kappa shape index (κ3) is 5.62. The average Bonchev–Trinajstić information content (AvgIpc) is 2.79. The molecule has 2 aliphatic heterocycles. The number of piperazine rings is 1.